The van der Waals surface area contributed by atoms with Crippen LogP contribution in [0.5, 0.6) is 0 Å². The molecule has 0 atom stereocenters. The number of carbonyl (C=O) groups excluding carboxylic acids is 1. The number of nitrogens with zero attached hydrogens (tertiary/aromatic N) is 4. The molecular formula is C18H18FN5O2S. The molecule has 140 valence electrons. The van der Waals surface area contributed by atoms with Crippen molar-refractivity contribution in [1.29, 1.82) is 0 Å². The first-order valence-electron chi connectivity index (χ1n) is 8.33. The highest BCUT2D eigenvalue weighted by Gasteiger charge is 2.17. The minimum absolute atomic E-state index is 0. The van der Waals surface area contributed by atoms with E-state index in [-0.39, 0.29) is 26.3 Å². The predicted octanol–water partition coefficient (Wildman–Crippen LogP) is 3.60. The fraction of sp³-hybridized carbons (Fsp3) is 0.222. The van der Waals surface area contributed by atoms with Gasteiger partial charge in [-0.2, -0.15) is 4.98 Å². The lowest BCUT2D eigenvalue weighted by molar-refractivity contribution is 0.0946. The Morgan fingerprint density at radius 3 is 3.11 bits per heavy atom. The number of rotatable bonds is 6. The number of hydrogen-bond donors (Lipinski definition) is 1. The van der Waals surface area contributed by atoms with E-state index in [0.717, 1.165) is 16.5 Å². The molecule has 0 aliphatic carbocycles. The molecule has 0 radical (unpaired) electrons. The van der Waals surface area contributed by atoms with Gasteiger partial charge in [-0.3, -0.25) is 4.79 Å². The quantitative estimate of drug-likeness (QED) is 0.546. The number of aryl methyl sites for hydroxylation is 2. The van der Waals surface area contributed by atoms with Gasteiger partial charge in [-0.1, -0.05) is 17.3 Å². The van der Waals surface area contributed by atoms with Crippen molar-refractivity contribution in [2.45, 2.75) is 20.0 Å². The Morgan fingerprint density at radius 1 is 1.44 bits per heavy atom. The van der Waals surface area contributed by atoms with Gasteiger partial charge in [0.2, 0.25) is 11.7 Å². The minimum atomic E-state index is -0.501. The van der Waals surface area contributed by atoms with Crippen molar-refractivity contribution in [3.8, 4) is 11.5 Å². The van der Waals surface area contributed by atoms with E-state index in [9.17, 15) is 9.18 Å². The molecule has 0 fully saturated rings. The molecule has 9 heteroatoms. The lowest BCUT2D eigenvalue weighted by atomic mass is 10.1. The number of thiazole rings is 1. The number of fused-ring (bicyclic) bond motifs is 1. The van der Waals surface area contributed by atoms with Crippen LogP contribution in [0.15, 0.2) is 40.4 Å². The van der Waals surface area contributed by atoms with Crippen LogP contribution in [0.3, 0.4) is 0 Å². The van der Waals surface area contributed by atoms with Crippen LogP contribution >= 0.6 is 11.3 Å². The van der Waals surface area contributed by atoms with Crippen LogP contribution in [-0.4, -0.2) is 32.3 Å². The number of alkyl halides is 1. The summed E-state index contributed by atoms with van der Waals surface area (Å²) in [6, 6.07) is 7.81. The van der Waals surface area contributed by atoms with Gasteiger partial charge in [0.05, 0.1) is 18.8 Å². The largest absolute Gasteiger partial charge is 0.341 e. The van der Waals surface area contributed by atoms with Crippen molar-refractivity contribution in [2.75, 3.05) is 6.67 Å². The van der Waals surface area contributed by atoms with Crippen LogP contribution in [0.2, 0.25) is 0 Å². The van der Waals surface area contributed by atoms with E-state index in [2.05, 4.69) is 20.4 Å². The molecule has 3 aromatic heterocycles. The van der Waals surface area contributed by atoms with Gasteiger partial charge in [-0.25, -0.2) is 9.37 Å². The number of aromatic nitrogens is 4. The van der Waals surface area contributed by atoms with Crippen LogP contribution in [0.25, 0.3) is 22.4 Å². The van der Waals surface area contributed by atoms with Gasteiger partial charge in [-0.15, -0.1) is 11.3 Å². The summed E-state index contributed by atoms with van der Waals surface area (Å²) in [5, 5.41) is 9.80. The highest BCUT2D eigenvalue weighted by Crippen LogP contribution is 2.28. The number of amides is 1. The van der Waals surface area contributed by atoms with Gasteiger partial charge >= 0.3 is 0 Å². The average Bonchev–Trinajstić information content (AvgIpc) is 3.41. The van der Waals surface area contributed by atoms with E-state index in [0.29, 0.717) is 16.5 Å². The summed E-state index contributed by atoms with van der Waals surface area (Å²) in [4.78, 5) is 20.2. The van der Waals surface area contributed by atoms with E-state index in [1.165, 1.54) is 11.3 Å². The molecule has 0 bridgehead atoms. The van der Waals surface area contributed by atoms with Crippen LogP contribution < -0.4 is 5.32 Å². The smallest absolute Gasteiger partial charge is 0.280 e. The van der Waals surface area contributed by atoms with Gasteiger partial charge in [0.1, 0.15) is 6.67 Å². The van der Waals surface area contributed by atoms with Crippen LogP contribution in [0, 0.1) is 6.92 Å². The minimum Gasteiger partial charge on any atom is -0.341 e. The fourth-order valence-corrected chi connectivity index (χ4v) is 3.49. The van der Waals surface area contributed by atoms with Crippen LogP contribution in [-0.2, 0) is 13.1 Å². The summed E-state index contributed by atoms with van der Waals surface area (Å²) >= 11 is 1.25. The molecule has 0 spiro atoms. The maximum atomic E-state index is 13.1. The zero-order chi connectivity index (χ0) is 18.8. The zero-order valence-corrected chi connectivity index (χ0v) is 15.3. The number of halogens is 1. The van der Waals surface area contributed by atoms with Crippen molar-refractivity contribution >= 4 is 28.1 Å². The Hall–Kier alpha value is -3.07. The number of benzene rings is 1. The number of carbonyl (C=O) groups is 1. The first-order chi connectivity index (χ1) is 13.2. The third-order valence-electron chi connectivity index (χ3n) is 4.20. The highest BCUT2D eigenvalue weighted by atomic mass is 32.1. The van der Waals surface area contributed by atoms with Gasteiger partial charge < -0.3 is 14.4 Å². The Morgan fingerprint density at radius 2 is 2.33 bits per heavy atom. The lowest BCUT2D eigenvalue weighted by Gasteiger charge is -2.05. The maximum absolute atomic E-state index is 13.1. The van der Waals surface area contributed by atoms with E-state index in [1.807, 2.05) is 35.8 Å². The van der Waals surface area contributed by atoms with E-state index in [4.69, 9.17) is 4.52 Å². The van der Waals surface area contributed by atoms with E-state index < -0.39 is 6.67 Å². The summed E-state index contributed by atoms with van der Waals surface area (Å²) in [5.74, 6) is 0.327. The summed E-state index contributed by atoms with van der Waals surface area (Å²) < 4.78 is 20.2. The van der Waals surface area contributed by atoms with E-state index in [1.54, 1.807) is 11.6 Å². The van der Waals surface area contributed by atoms with Gasteiger partial charge in [-0.05, 0) is 24.6 Å². The second kappa shape index (κ2) is 7.28. The SMILES string of the molecule is Cc1cccc2c1cc(-c1noc(CNC(=O)c3nccs3)n1)n2CCF.[HH]. The van der Waals surface area contributed by atoms with E-state index >= 15 is 0 Å². The molecule has 0 aliphatic rings. The van der Waals surface area contributed by atoms with Gasteiger partial charge in [0.25, 0.3) is 5.91 Å². The second-order valence-electron chi connectivity index (χ2n) is 5.91. The molecule has 0 aliphatic heterocycles. The predicted molar refractivity (Wildman–Crippen MR) is 101 cm³/mol. The monoisotopic (exact) mass is 387 g/mol. The Balaban J connectivity index is 0.00000225. The molecular weight excluding hydrogens is 369 g/mol. The molecule has 3 heterocycles. The Bertz CT molecular complexity index is 1090. The number of nitrogens with one attached hydrogen (secondary N) is 1. The maximum Gasteiger partial charge on any atom is 0.280 e. The summed E-state index contributed by atoms with van der Waals surface area (Å²) in [6.07, 6.45) is 1.57. The summed E-state index contributed by atoms with van der Waals surface area (Å²) in [7, 11) is 0. The topological polar surface area (TPSA) is 85.8 Å². The second-order valence-corrected chi connectivity index (χ2v) is 6.80. The molecule has 1 aromatic carbocycles. The summed E-state index contributed by atoms with van der Waals surface area (Å²) in [6.45, 7) is 1.79. The fourth-order valence-electron chi connectivity index (χ4n) is 2.94. The van der Waals surface area contributed by atoms with Crippen molar-refractivity contribution < 1.29 is 15.1 Å². The first kappa shape index (κ1) is 17.3. The zero-order valence-electron chi connectivity index (χ0n) is 14.5. The molecule has 4 rings (SSSR count). The normalized spacial score (nSPS) is 11.2. The third kappa shape index (κ3) is 3.33. The molecule has 0 saturated carbocycles. The Kier molecular flexibility index (Phi) is 4.68. The molecule has 1 N–H and O–H groups in total. The van der Waals surface area contributed by atoms with Crippen molar-refractivity contribution in [3.05, 3.63) is 52.3 Å². The van der Waals surface area contributed by atoms with Gasteiger partial charge in [0, 0.05) is 23.9 Å². The molecule has 0 saturated heterocycles. The van der Waals surface area contributed by atoms with Gasteiger partial charge in [0.15, 0.2) is 5.01 Å². The molecule has 7 nitrogen and oxygen atoms in total. The average molecular weight is 387 g/mol. The number of hydrogen-bond acceptors (Lipinski definition) is 6. The van der Waals surface area contributed by atoms with Crippen molar-refractivity contribution in [1.82, 2.24) is 25.0 Å². The molecule has 27 heavy (non-hydrogen) atoms. The van der Waals surface area contributed by atoms with Crippen LogP contribution in [0.1, 0.15) is 22.7 Å². The van der Waals surface area contributed by atoms with Crippen molar-refractivity contribution in [2.24, 2.45) is 0 Å². The standard InChI is InChI=1S/C18H16FN5O2S.H2/c1-11-3-2-4-13-12(11)9-14(24(13)7-5-19)16-22-15(26-23-16)10-21-17(25)18-20-6-8-27-18;/h2-4,6,8-9H,5,7,10H2,1H3,(H,21,25);1H. The summed E-state index contributed by atoms with van der Waals surface area (Å²) in [5.41, 5.74) is 2.69. The molecule has 1 amide bonds. The molecule has 4 aromatic rings. The Labute approximate surface area is 159 Å². The molecule has 0 unspecified atom stereocenters. The van der Waals surface area contributed by atoms with Crippen LogP contribution in [0.4, 0.5) is 4.39 Å². The third-order valence-corrected chi connectivity index (χ3v) is 4.97. The highest BCUT2D eigenvalue weighted by molar-refractivity contribution is 7.11. The first-order valence-corrected chi connectivity index (χ1v) is 9.21. The lowest BCUT2D eigenvalue weighted by Crippen LogP contribution is -2.22. The van der Waals surface area contributed by atoms with Crippen molar-refractivity contribution in [3.63, 3.8) is 0 Å².